The van der Waals surface area contributed by atoms with Crippen LogP contribution >= 0.6 is 11.6 Å². The van der Waals surface area contributed by atoms with Crippen LogP contribution in [0.1, 0.15) is 11.1 Å². The average molecular weight is 369 g/mol. The Labute approximate surface area is 145 Å². The molecule has 0 aliphatic rings. The molecule has 1 amide bonds. The summed E-state index contributed by atoms with van der Waals surface area (Å²) in [5.41, 5.74) is 3.90. The number of carbonyl (C=O) groups excluding carboxylic acids is 1. The molecule has 6 nitrogen and oxygen atoms in total. The van der Waals surface area contributed by atoms with Gasteiger partial charge in [0.15, 0.2) is 6.61 Å². The first-order valence-electron chi connectivity index (χ1n) is 7.05. The molecule has 0 bridgehead atoms. The van der Waals surface area contributed by atoms with Gasteiger partial charge in [-0.1, -0.05) is 29.8 Å². The summed E-state index contributed by atoms with van der Waals surface area (Å²) in [6, 6.07) is 11.2. The van der Waals surface area contributed by atoms with Gasteiger partial charge in [0, 0.05) is 5.02 Å². The number of ether oxygens (including phenoxy) is 1. The number of amides is 1. The molecule has 0 heterocycles. The van der Waals surface area contributed by atoms with Crippen LogP contribution in [0.2, 0.25) is 5.02 Å². The normalized spacial score (nSPS) is 11.1. The van der Waals surface area contributed by atoms with Crippen LogP contribution in [-0.2, 0) is 14.8 Å². The van der Waals surface area contributed by atoms with Crippen LogP contribution < -0.4 is 15.0 Å². The largest absolute Gasteiger partial charge is 0.483 e. The number of nitrogens with one attached hydrogen (secondary N) is 2. The summed E-state index contributed by atoms with van der Waals surface area (Å²) in [4.78, 5) is 13.8. The Bertz CT molecular complexity index is 815. The van der Waals surface area contributed by atoms with E-state index in [1.807, 2.05) is 36.9 Å². The smallest absolute Gasteiger partial charge is 0.272 e. The van der Waals surface area contributed by atoms with Gasteiger partial charge in [-0.25, -0.2) is 8.42 Å². The first-order valence-corrected chi connectivity index (χ1v) is 8.91. The van der Waals surface area contributed by atoms with E-state index in [4.69, 9.17) is 16.3 Å². The summed E-state index contributed by atoms with van der Waals surface area (Å²) in [6.07, 6.45) is 0. The molecular formula is C16H17ClN2O4S. The van der Waals surface area contributed by atoms with Crippen LogP contribution in [0.15, 0.2) is 47.4 Å². The standard InChI is InChI=1S/C16H17ClN2O4S/c1-11-4-3-5-12(2)16(11)23-10-15(20)18-19-24(21,22)14-8-6-13(17)7-9-14/h3-9,19H,10H2,1-2H3,(H,18,20). The molecule has 128 valence electrons. The van der Waals surface area contributed by atoms with Crippen molar-refractivity contribution >= 4 is 27.5 Å². The van der Waals surface area contributed by atoms with E-state index in [1.54, 1.807) is 0 Å². The lowest BCUT2D eigenvalue weighted by Gasteiger charge is -2.12. The number of benzene rings is 2. The Kier molecular flexibility index (Phi) is 5.82. The molecular weight excluding hydrogens is 352 g/mol. The summed E-state index contributed by atoms with van der Waals surface area (Å²) in [6.45, 7) is 3.42. The lowest BCUT2D eigenvalue weighted by molar-refractivity contribution is -0.123. The van der Waals surface area contributed by atoms with E-state index in [2.05, 4.69) is 5.43 Å². The number of carbonyl (C=O) groups is 1. The van der Waals surface area contributed by atoms with Gasteiger partial charge < -0.3 is 4.74 Å². The molecule has 2 rings (SSSR count). The summed E-state index contributed by atoms with van der Waals surface area (Å²) < 4.78 is 29.5. The Morgan fingerprint density at radius 3 is 2.25 bits per heavy atom. The van der Waals surface area contributed by atoms with Crippen molar-refractivity contribution in [2.24, 2.45) is 0 Å². The Morgan fingerprint density at radius 1 is 1.08 bits per heavy atom. The molecule has 24 heavy (non-hydrogen) atoms. The molecule has 0 spiro atoms. The zero-order chi connectivity index (χ0) is 17.7. The Morgan fingerprint density at radius 2 is 1.67 bits per heavy atom. The number of hydrogen-bond donors (Lipinski definition) is 2. The molecule has 8 heteroatoms. The summed E-state index contributed by atoms with van der Waals surface area (Å²) >= 11 is 5.71. The molecule has 0 saturated heterocycles. The van der Waals surface area contributed by atoms with Crippen LogP contribution in [0.3, 0.4) is 0 Å². The van der Waals surface area contributed by atoms with E-state index in [0.29, 0.717) is 10.8 Å². The fourth-order valence-electron chi connectivity index (χ4n) is 2.00. The Hall–Kier alpha value is -2.09. The minimum atomic E-state index is -3.87. The molecule has 0 unspecified atom stereocenters. The van der Waals surface area contributed by atoms with Gasteiger partial charge >= 0.3 is 0 Å². The summed E-state index contributed by atoms with van der Waals surface area (Å²) in [5.74, 6) is -0.0107. The zero-order valence-corrected chi connectivity index (χ0v) is 14.7. The van der Waals surface area contributed by atoms with Crippen molar-refractivity contribution in [3.63, 3.8) is 0 Å². The van der Waals surface area contributed by atoms with Crippen LogP contribution in [0, 0.1) is 13.8 Å². The van der Waals surface area contributed by atoms with Crippen molar-refractivity contribution in [2.45, 2.75) is 18.7 Å². The third kappa shape index (κ3) is 4.70. The lowest BCUT2D eigenvalue weighted by Crippen LogP contribution is -2.43. The van der Waals surface area contributed by atoms with Gasteiger partial charge in [-0.05, 0) is 49.2 Å². The third-order valence-corrected chi connectivity index (χ3v) is 4.72. The van der Waals surface area contributed by atoms with Crippen LogP contribution in [0.25, 0.3) is 0 Å². The van der Waals surface area contributed by atoms with E-state index >= 15 is 0 Å². The van der Waals surface area contributed by atoms with Gasteiger partial charge in [0.05, 0.1) is 4.90 Å². The fourth-order valence-corrected chi connectivity index (χ4v) is 2.98. The van der Waals surface area contributed by atoms with Crippen molar-refractivity contribution in [2.75, 3.05) is 6.61 Å². The molecule has 0 atom stereocenters. The van der Waals surface area contributed by atoms with Crippen molar-refractivity contribution in [1.29, 1.82) is 0 Å². The highest BCUT2D eigenvalue weighted by atomic mass is 35.5. The number of hydrogen-bond acceptors (Lipinski definition) is 4. The van der Waals surface area contributed by atoms with Crippen molar-refractivity contribution in [1.82, 2.24) is 10.3 Å². The molecule has 0 aliphatic carbocycles. The minimum absolute atomic E-state index is 0.0112. The molecule has 0 aromatic heterocycles. The first kappa shape index (κ1) is 18.3. The van der Waals surface area contributed by atoms with Crippen LogP contribution in [-0.4, -0.2) is 20.9 Å². The van der Waals surface area contributed by atoms with E-state index in [9.17, 15) is 13.2 Å². The molecule has 2 aromatic carbocycles. The number of hydrazine groups is 1. The van der Waals surface area contributed by atoms with Gasteiger partial charge in [0.1, 0.15) is 5.75 Å². The predicted octanol–water partition coefficient (Wildman–Crippen LogP) is 2.35. The maximum absolute atomic E-state index is 12.0. The zero-order valence-electron chi connectivity index (χ0n) is 13.2. The number of aryl methyl sites for hydroxylation is 2. The number of para-hydroxylation sites is 1. The topological polar surface area (TPSA) is 84.5 Å². The highest BCUT2D eigenvalue weighted by molar-refractivity contribution is 7.89. The number of sulfonamides is 1. The molecule has 2 N–H and O–H groups in total. The second-order valence-electron chi connectivity index (χ2n) is 5.12. The lowest BCUT2D eigenvalue weighted by atomic mass is 10.1. The second kappa shape index (κ2) is 7.65. The molecule has 0 aliphatic heterocycles. The highest BCUT2D eigenvalue weighted by Gasteiger charge is 2.15. The molecule has 2 aromatic rings. The highest BCUT2D eigenvalue weighted by Crippen LogP contribution is 2.22. The first-order chi connectivity index (χ1) is 11.3. The second-order valence-corrected chi connectivity index (χ2v) is 7.24. The fraction of sp³-hybridized carbons (Fsp3) is 0.188. The van der Waals surface area contributed by atoms with Gasteiger partial charge in [-0.15, -0.1) is 4.83 Å². The van der Waals surface area contributed by atoms with E-state index in [-0.39, 0.29) is 11.5 Å². The summed E-state index contributed by atoms with van der Waals surface area (Å²) in [7, 11) is -3.87. The average Bonchev–Trinajstić information content (AvgIpc) is 2.53. The number of rotatable bonds is 6. The van der Waals surface area contributed by atoms with E-state index in [0.717, 1.165) is 11.1 Å². The number of halogens is 1. The van der Waals surface area contributed by atoms with Crippen molar-refractivity contribution < 1.29 is 17.9 Å². The molecule has 0 saturated carbocycles. The maximum atomic E-state index is 12.0. The van der Waals surface area contributed by atoms with E-state index < -0.39 is 15.9 Å². The van der Waals surface area contributed by atoms with Gasteiger partial charge in [0.25, 0.3) is 15.9 Å². The monoisotopic (exact) mass is 368 g/mol. The summed E-state index contributed by atoms with van der Waals surface area (Å²) in [5, 5.41) is 0.417. The molecule has 0 fully saturated rings. The van der Waals surface area contributed by atoms with Crippen LogP contribution in [0.5, 0.6) is 5.75 Å². The maximum Gasteiger partial charge on any atom is 0.272 e. The van der Waals surface area contributed by atoms with Gasteiger partial charge in [-0.3, -0.25) is 10.2 Å². The van der Waals surface area contributed by atoms with Crippen molar-refractivity contribution in [3.05, 3.63) is 58.6 Å². The SMILES string of the molecule is Cc1cccc(C)c1OCC(=O)NNS(=O)(=O)c1ccc(Cl)cc1. The van der Waals surface area contributed by atoms with E-state index in [1.165, 1.54) is 24.3 Å². The van der Waals surface area contributed by atoms with Gasteiger partial charge in [0.2, 0.25) is 0 Å². The van der Waals surface area contributed by atoms with Gasteiger partial charge in [-0.2, -0.15) is 0 Å². The minimum Gasteiger partial charge on any atom is -0.483 e. The van der Waals surface area contributed by atoms with Crippen molar-refractivity contribution in [3.8, 4) is 5.75 Å². The third-order valence-electron chi connectivity index (χ3n) is 3.21. The predicted molar refractivity (Wildman–Crippen MR) is 91.3 cm³/mol. The Balaban J connectivity index is 1.92. The van der Waals surface area contributed by atoms with Crippen LogP contribution in [0.4, 0.5) is 0 Å². The quantitative estimate of drug-likeness (QED) is 0.766. The molecule has 0 radical (unpaired) electrons.